The largest absolute Gasteiger partial charge is 0.496 e. The Labute approximate surface area is 131 Å². The van der Waals surface area contributed by atoms with Gasteiger partial charge in [-0.15, -0.1) is 0 Å². The molecule has 120 valence electrons. The predicted molar refractivity (Wildman–Crippen MR) is 83.9 cm³/mol. The minimum Gasteiger partial charge on any atom is -0.496 e. The van der Waals surface area contributed by atoms with Crippen LogP contribution in [0.5, 0.6) is 5.75 Å². The Bertz CT molecular complexity index is 549. The zero-order chi connectivity index (χ0) is 15.6. The summed E-state index contributed by atoms with van der Waals surface area (Å²) in [5, 5.41) is 3.07. The maximum atomic E-state index is 12.5. The Balaban J connectivity index is 1.67. The van der Waals surface area contributed by atoms with Crippen LogP contribution in [0.25, 0.3) is 0 Å². The first kappa shape index (κ1) is 15.3. The Morgan fingerprint density at radius 2 is 1.95 bits per heavy atom. The van der Waals surface area contributed by atoms with Crippen molar-refractivity contribution in [2.24, 2.45) is 5.73 Å². The normalized spacial score (nSPS) is 21.9. The summed E-state index contributed by atoms with van der Waals surface area (Å²) >= 11 is 0. The lowest BCUT2D eigenvalue weighted by molar-refractivity contribution is -0.129. The van der Waals surface area contributed by atoms with Crippen LogP contribution in [0.1, 0.15) is 31.2 Å². The van der Waals surface area contributed by atoms with Crippen molar-refractivity contribution in [3.05, 3.63) is 29.8 Å². The summed E-state index contributed by atoms with van der Waals surface area (Å²) in [6.07, 6.45) is 3.30. The lowest BCUT2D eigenvalue weighted by Crippen LogP contribution is -2.57. The second-order valence-corrected chi connectivity index (χ2v) is 6.43. The van der Waals surface area contributed by atoms with Crippen LogP contribution in [0.3, 0.4) is 0 Å². The molecule has 1 heterocycles. The topological polar surface area (TPSA) is 73.6 Å². The van der Waals surface area contributed by atoms with Gasteiger partial charge in [-0.2, -0.15) is 0 Å². The van der Waals surface area contributed by atoms with Gasteiger partial charge in [-0.3, -0.25) is 4.79 Å². The monoisotopic (exact) mass is 304 g/mol. The van der Waals surface area contributed by atoms with E-state index in [0.717, 1.165) is 18.6 Å². The average molecular weight is 304 g/mol. The highest BCUT2D eigenvalue weighted by molar-refractivity contribution is 5.86. The molecular weight excluding hydrogens is 280 g/mol. The summed E-state index contributed by atoms with van der Waals surface area (Å²) in [6.45, 7) is 1.73. The van der Waals surface area contributed by atoms with E-state index >= 15 is 0 Å². The number of ether oxygens (including phenoxy) is 2. The maximum Gasteiger partial charge on any atom is 0.240 e. The van der Waals surface area contributed by atoms with Crippen LogP contribution in [0.4, 0.5) is 0 Å². The molecule has 5 heteroatoms. The highest BCUT2D eigenvalue weighted by atomic mass is 16.5. The number of rotatable bonds is 5. The fraction of sp³-hybridized carbons (Fsp3) is 0.588. The molecule has 1 saturated carbocycles. The Kier molecular flexibility index (Phi) is 4.10. The standard InChI is InChI=1S/C17H24N2O3/c1-21-14-5-3-2-4-13(14)16(6-7-16)12-19-15(20)17(18)8-10-22-11-9-17/h2-5H,6-12,18H2,1H3,(H,19,20). The molecule has 3 rings (SSSR count). The Morgan fingerprint density at radius 3 is 2.59 bits per heavy atom. The molecule has 3 N–H and O–H groups in total. The van der Waals surface area contributed by atoms with Crippen molar-refractivity contribution in [3.8, 4) is 5.75 Å². The maximum absolute atomic E-state index is 12.5. The summed E-state index contributed by atoms with van der Waals surface area (Å²) in [7, 11) is 1.68. The van der Waals surface area contributed by atoms with Gasteiger partial charge in [0.15, 0.2) is 0 Å². The molecule has 0 bridgehead atoms. The van der Waals surface area contributed by atoms with E-state index in [1.807, 2.05) is 18.2 Å². The number of hydrogen-bond acceptors (Lipinski definition) is 4. The van der Waals surface area contributed by atoms with E-state index in [4.69, 9.17) is 15.2 Å². The third-order valence-corrected chi connectivity index (χ3v) is 4.96. The summed E-state index contributed by atoms with van der Waals surface area (Å²) in [5.41, 5.74) is 6.63. The number of benzene rings is 1. The van der Waals surface area contributed by atoms with Gasteiger partial charge in [0.05, 0.1) is 12.6 Å². The van der Waals surface area contributed by atoms with Crippen molar-refractivity contribution >= 4 is 5.91 Å². The van der Waals surface area contributed by atoms with Crippen molar-refractivity contribution in [1.82, 2.24) is 5.32 Å². The number of nitrogens with two attached hydrogens (primary N) is 1. The molecule has 5 nitrogen and oxygen atoms in total. The number of methoxy groups -OCH3 is 1. The summed E-state index contributed by atoms with van der Waals surface area (Å²) in [4.78, 5) is 12.5. The van der Waals surface area contributed by atoms with E-state index in [2.05, 4.69) is 11.4 Å². The summed E-state index contributed by atoms with van der Waals surface area (Å²) < 4.78 is 10.8. The van der Waals surface area contributed by atoms with Gasteiger partial charge in [0.1, 0.15) is 5.75 Å². The lowest BCUT2D eigenvalue weighted by Gasteiger charge is -2.32. The SMILES string of the molecule is COc1ccccc1C1(CNC(=O)C2(N)CCOCC2)CC1. The molecule has 1 aliphatic carbocycles. The van der Waals surface area contributed by atoms with Crippen molar-refractivity contribution in [2.45, 2.75) is 36.6 Å². The fourth-order valence-corrected chi connectivity index (χ4v) is 3.16. The van der Waals surface area contributed by atoms with Crippen molar-refractivity contribution in [1.29, 1.82) is 0 Å². The van der Waals surface area contributed by atoms with E-state index in [1.54, 1.807) is 7.11 Å². The molecule has 0 spiro atoms. The van der Waals surface area contributed by atoms with Gasteiger partial charge in [-0.05, 0) is 31.7 Å². The molecule has 22 heavy (non-hydrogen) atoms. The average Bonchev–Trinajstić information content (AvgIpc) is 3.34. The minimum atomic E-state index is -0.783. The summed E-state index contributed by atoms with van der Waals surface area (Å²) in [6, 6.07) is 8.04. The molecule has 0 aromatic heterocycles. The van der Waals surface area contributed by atoms with Gasteiger partial charge < -0.3 is 20.5 Å². The van der Waals surface area contributed by atoms with Crippen LogP contribution in [-0.4, -0.2) is 38.3 Å². The van der Waals surface area contributed by atoms with Crippen LogP contribution >= 0.6 is 0 Å². The zero-order valence-corrected chi connectivity index (χ0v) is 13.1. The van der Waals surface area contributed by atoms with Gasteiger partial charge in [0, 0.05) is 30.7 Å². The molecule has 0 atom stereocenters. The van der Waals surface area contributed by atoms with E-state index in [9.17, 15) is 4.79 Å². The summed E-state index contributed by atoms with van der Waals surface area (Å²) in [5.74, 6) is 0.833. The van der Waals surface area contributed by atoms with Gasteiger partial charge in [0.25, 0.3) is 0 Å². The highest BCUT2D eigenvalue weighted by Crippen LogP contribution is 2.50. The van der Waals surface area contributed by atoms with Gasteiger partial charge in [0.2, 0.25) is 5.91 Å². The molecule has 0 radical (unpaired) electrons. The Hall–Kier alpha value is -1.59. The molecule has 1 aliphatic heterocycles. The number of para-hydroxylation sites is 1. The molecule has 2 aliphatic rings. The second-order valence-electron chi connectivity index (χ2n) is 6.43. The fourth-order valence-electron chi connectivity index (χ4n) is 3.16. The van der Waals surface area contributed by atoms with Crippen molar-refractivity contribution in [2.75, 3.05) is 26.9 Å². The second kappa shape index (κ2) is 5.89. The number of hydrogen-bond donors (Lipinski definition) is 2. The van der Waals surface area contributed by atoms with Crippen LogP contribution in [0.15, 0.2) is 24.3 Å². The van der Waals surface area contributed by atoms with Crippen molar-refractivity contribution < 1.29 is 14.3 Å². The van der Waals surface area contributed by atoms with Crippen molar-refractivity contribution in [3.63, 3.8) is 0 Å². The zero-order valence-electron chi connectivity index (χ0n) is 13.1. The van der Waals surface area contributed by atoms with E-state index in [-0.39, 0.29) is 11.3 Å². The third-order valence-electron chi connectivity index (χ3n) is 4.96. The number of nitrogens with one attached hydrogen (secondary N) is 1. The number of carbonyl (C=O) groups is 1. The number of carbonyl (C=O) groups excluding carboxylic acids is 1. The van der Waals surface area contributed by atoms with Gasteiger partial charge in [-0.25, -0.2) is 0 Å². The quantitative estimate of drug-likeness (QED) is 0.861. The molecular formula is C17H24N2O3. The van der Waals surface area contributed by atoms with E-state index < -0.39 is 5.54 Å². The molecule has 1 aromatic carbocycles. The smallest absolute Gasteiger partial charge is 0.240 e. The minimum absolute atomic E-state index is 0.00376. The van der Waals surface area contributed by atoms with Crippen LogP contribution in [-0.2, 0) is 14.9 Å². The number of amides is 1. The Morgan fingerprint density at radius 1 is 1.27 bits per heavy atom. The van der Waals surface area contributed by atoms with Crippen LogP contribution < -0.4 is 15.8 Å². The first-order valence-corrected chi connectivity index (χ1v) is 7.88. The molecule has 1 amide bonds. The van der Waals surface area contributed by atoms with Gasteiger partial charge >= 0.3 is 0 Å². The first-order valence-electron chi connectivity index (χ1n) is 7.88. The van der Waals surface area contributed by atoms with Crippen LogP contribution in [0.2, 0.25) is 0 Å². The van der Waals surface area contributed by atoms with E-state index in [1.165, 1.54) is 5.56 Å². The third kappa shape index (κ3) is 2.83. The van der Waals surface area contributed by atoms with Crippen LogP contribution in [0, 0.1) is 0 Å². The molecule has 1 saturated heterocycles. The lowest BCUT2D eigenvalue weighted by atomic mass is 9.89. The molecule has 1 aromatic rings. The predicted octanol–water partition coefficient (Wildman–Crippen LogP) is 1.35. The van der Waals surface area contributed by atoms with Gasteiger partial charge in [-0.1, -0.05) is 18.2 Å². The highest BCUT2D eigenvalue weighted by Gasteiger charge is 2.47. The molecule has 2 fully saturated rings. The molecule has 0 unspecified atom stereocenters. The van der Waals surface area contributed by atoms with E-state index in [0.29, 0.717) is 32.6 Å². The first-order chi connectivity index (χ1) is 10.6.